The summed E-state index contributed by atoms with van der Waals surface area (Å²) in [5.74, 6) is 0. The molecule has 0 amide bonds. The Hall–Kier alpha value is 0.930. The quantitative estimate of drug-likeness (QED) is 0.398. The number of rotatable bonds is 0. The third-order valence-electron chi connectivity index (χ3n) is 0.586. The van der Waals surface area contributed by atoms with Crippen LogP contribution in [0.1, 0.15) is 6.42 Å². The summed E-state index contributed by atoms with van der Waals surface area (Å²) in [6, 6.07) is 0. The van der Waals surface area contributed by atoms with Crippen LogP contribution in [0.25, 0.3) is 0 Å². The summed E-state index contributed by atoms with van der Waals surface area (Å²) in [6.45, 7) is 0. The number of halogens is 2. The first-order valence-electron chi connectivity index (χ1n) is 1.72. The molecule has 0 N–H and O–H groups in total. The van der Waals surface area contributed by atoms with Crippen LogP contribution in [-0.4, -0.2) is 0 Å². The molecule has 0 aromatic heterocycles. The maximum absolute atomic E-state index is 2.99. The fourth-order valence-corrected chi connectivity index (χ4v) is 0.340. The Kier molecular flexibility index (Phi) is 390. The predicted molar refractivity (Wildman–Crippen MR) is 74.6 cm³/mol. The van der Waals surface area contributed by atoms with E-state index in [2.05, 4.69) is 12.2 Å². The Bertz CT molecular complexity index is 71.4. The summed E-state index contributed by atoms with van der Waals surface area (Å²) in [4.78, 5) is 0. The van der Waals surface area contributed by atoms with Gasteiger partial charge in [0.2, 0.25) is 0 Å². The maximum atomic E-state index is 2.99. The molecule has 0 saturated heterocycles. The smallest absolute Gasteiger partial charge is 0 e. The number of hydrogen-bond donors (Lipinski definition) is 0. The molecule has 94 valence electrons. The van der Waals surface area contributed by atoms with Gasteiger partial charge in [0.25, 0.3) is 0 Å². The predicted octanol–water partition coefficient (Wildman–Crippen LogP) is 4.85. The molecular weight excluding hydrogens is 382 g/mol. The maximum Gasteiger partial charge on any atom is 0 e. The first-order valence-corrected chi connectivity index (χ1v) is 1.72. The van der Waals surface area contributed by atoms with Gasteiger partial charge in [0, 0.05) is 25.8 Å². The van der Waals surface area contributed by atoms with E-state index in [1.165, 1.54) is 0 Å². The molecule has 1 aliphatic rings. The van der Waals surface area contributed by atoms with Gasteiger partial charge < -0.3 is 44.6 Å². The van der Waals surface area contributed by atoms with Gasteiger partial charge in [0.15, 0.2) is 0 Å². The summed E-state index contributed by atoms with van der Waals surface area (Å²) in [5.41, 5.74) is 0. The molecule has 0 aromatic carbocycles. The van der Waals surface area contributed by atoms with E-state index in [1.54, 1.807) is 0 Å². The van der Waals surface area contributed by atoms with Crippen LogP contribution in [0.4, 0.5) is 0 Å². The summed E-state index contributed by atoms with van der Waals surface area (Å²) in [5, 5.41) is 0. The molecule has 0 spiro atoms. The normalized spacial score (nSPS) is 6.29. The van der Waals surface area contributed by atoms with Crippen LogP contribution in [0.5, 0.6) is 0 Å². The summed E-state index contributed by atoms with van der Waals surface area (Å²) in [7, 11) is 0. The summed E-state index contributed by atoms with van der Waals surface area (Å²) >= 11 is 0. The molecule has 0 aliphatic heterocycles. The SMILES string of the molecule is Cl.Cl.[C-]1=CC=CC1.[CH3-].[CH3-].[CH3-].[CH3-].[CH3-].[CH3-].[Hf]. The van der Waals surface area contributed by atoms with Crippen molar-refractivity contribution in [3.05, 3.63) is 68.9 Å². The molecule has 0 saturated carbocycles. The number of hydrogen-bond acceptors (Lipinski definition) is 0. The fourth-order valence-electron chi connectivity index (χ4n) is 0.340. The largest absolute Gasteiger partial charge is 0.358 e. The molecule has 0 nitrogen and oxygen atoms in total. The van der Waals surface area contributed by atoms with Gasteiger partial charge in [-0.25, -0.2) is 12.2 Å². The molecule has 0 atom stereocenters. The van der Waals surface area contributed by atoms with E-state index in [9.17, 15) is 0 Å². The van der Waals surface area contributed by atoms with Gasteiger partial charge in [0.05, 0.1) is 0 Å². The van der Waals surface area contributed by atoms with Crippen LogP contribution in [0, 0.1) is 50.6 Å². The Morgan fingerprint density at radius 3 is 1.21 bits per heavy atom. The molecule has 0 fully saturated rings. The molecule has 3 heteroatoms. The van der Waals surface area contributed by atoms with Crippen molar-refractivity contribution in [1.29, 1.82) is 0 Å². The number of allylic oxidation sites excluding steroid dienone is 4. The molecule has 0 heterocycles. The second-order valence-electron chi connectivity index (χ2n) is 1.00. The fraction of sp³-hybridized carbons (Fsp3) is 0.0909. The van der Waals surface area contributed by atoms with Gasteiger partial charge in [-0.15, -0.1) is 31.2 Å². The first-order chi connectivity index (χ1) is 2.50. The third-order valence-corrected chi connectivity index (χ3v) is 0.586. The van der Waals surface area contributed by atoms with E-state index in [0.29, 0.717) is 0 Å². The second kappa shape index (κ2) is 66.2. The minimum atomic E-state index is 0. The van der Waals surface area contributed by atoms with E-state index in [-0.39, 0.29) is 95.2 Å². The third kappa shape index (κ3) is 52.3. The van der Waals surface area contributed by atoms with Crippen molar-refractivity contribution in [3.63, 3.8) is 0 Å². The van der Waals surface area contributed by atoms with E-state index in [1.807, 2.05) is 12.2 Å². The zero-order valence-electron chi connectivity index (χ0n) is 10.3. The van der Waals surface area contributed by atoms with Crippen molar-refractivity contribution in [2.45, 2.75) is 6.42 Å². The monoisotopic (exact) mass is 407 g/mol. The van der Waals surface area contributed by atoms with Gasteiger partial charge >= 0.3 is 0 Å². The Morgan fingerprint density at radius 2 is 1.14 bits per heavy atom. The van der Waals surface area contributed by atoms with Crippen molar-refractivity contribution in [3.8, 4) is 0 Å². The second-order valence-corrected chi connectivity index (χ2v) is 1.00. The standard InChI is InChI=1S/C5H5.6CH3.2ClH.Hf/c1-2-4-5-3-1;;;;;;;;;/h1-3H,4H2;6*1H3;2*1H;/q7*-1;;;. The van der Waals surface area contributed by atoms with Crippen molar-refractivity contribution < 1.29 is 25.8 Å². The van der Waals surface area contributed by atoms with Crippen LogP contribution in [0.3, 0.4) is 0 Å². The van der Waals surface area contributed by atoms with Crippen LogP contribution in [0.2, 0.25) is 0 Å². The molecule has 14 heavy (non-hydrogen) atoms. The molecule has 0 unspecified atom stereocenters. The topological polar surface area (TPSA) is 0 Å². The van der Waals surface area contributed by atoms with Crippen LogP contribution in [0.15, 0.2) is 18.2 Å². The zero-order chi connectivity index (χ0) is 3.54. The van der Waals surface area contributed by atoms with Crippen molar-refractivity contribution in [1.82, 2.24) is 0 Å². The van der Waals surface area contributed by atoms with Gasteiger partial charge in [-0.2, -0.15) is 6.08 Å². The van der Waals surface area contributed by atoms with Crippen LogP contribution < -0.4 is 0 Å². The Balaban J connectivity index is -0.00000000397. The Labute approximate surface area is 125 Å². The van der Waals surface area contributed by atoms with Crippen LogP contribution in [-0.2, 0) is 25.8 Å². The molecule has 0 aromatic rings. The van der Waals surface area contributed by atoms with E-state index in [0.717, 1.165) is 6.42 Å². The average molecular weight is 407 g/mol. The molecule has 1 aliphatic carbocycles. The summed E-state index contributed by atoms with van der Waals surface area (Å²) < 4.78 is 0. The van der Waals surface area contributed by atoms with E-state index >= 15 is 0 Å². The van der Waals surface area contributed by atoms with Crippen molar-refractivity contribution in [2.24, 2.45) is 0 Å². The van der Waals surface area contributed by atoms with E-state index < -0.39 is 0 Å². The van der Waals surface area contributed by atoms with Gasteiger partial charge in [-0.3, -0.25) is 6.08 Å². The Morgan fingerprint density at radius 1 is 0.786 bits per heavy atom. The van der Waals surface area contributed by atoms with Gasteiger partial charge in [-0.1, -0.05) is 0 Å². The van der Waals surface area contributed by atoms with Gasteiger partial charge in [0.1, 0.15) is 0 Å². The van der Waals surface area contributed by atoms with Crippen molar-refractivity contribution >= 4 is 24.8 Å². The molecule has 0 bridgehead atoms. The zero-order valence-corrected chi connectivity index (χ0v) is 15.5. The summed E-state index contributed by atoms with van der Waals surface area (Å²) in [6.07, 6.45) is 10.0. The molecular formula is C11H25Cl2Hf-7. The van der Waals surface area contributed by atoms with Crippen molar-refractivity contribution in [2.75, 3.05) is 0 Å². The molecule has 1 rings (SSSR count). The van der Waals surface area contributed by atoms with E-state index in [4.69, 9.17) is 0 Å². The minimum Gasteiger partial charge on any atom is -0.358 e. The van der Waals surface area contributed by atoms with Crippen LogP contribution >= 0.6 is 24.8 Å². The minimum absolute atomic E-state index is 0. The average Bonchev–Trinajstić information content (AvgIpc) is 1.76. The first kappa shape index (κ1) is 82.4. The van der Waals surface area contributed by atoms with Gasteiger partial charge in [-0.05, 0) is 0 Å². The molecule has 0 radical (unpaired) electrons.